The molecule has 0 aliphatic heterocycles. The molecule has 0 amide bonds. The van der Waals surface area contributed by atoms with E-state index in [0.717, 1.165) is 0 Å². The van der Waals surface area contributed by atoms with Crippen LogP contribution in [0.25, 0.3) is 0 Å². The van der Waals surface area contributed by atoms with Crippen LogP contribution in [0.5, 0.6) is 0 Å². The topological polar surface area (TPSA) is 52.2 Å². The maximum Gasteiger partial charge on any atom is 0.365 e. The highest BCUT2D eigenvalue weighted by Crippen LogP contribution is 1.85. The zero-order chi connectivity index (χ0) is 9.84. The van der Waals surface area contributed by atoms with Crippen molar-refractivity contribution >= 4 is 11.8 Å². The molecule has 0 saturated carbocycles. The van der Waals surface area contributed by atoms with E-state index in [9.17, 15) is 9.59 Å². The predicted octanol–water partition coefficient (Wildman–Crippen LogP) is -0.753. The van der Waals surface area contributed by atoms with E-state index in [1.807, 2.05) is 0 Å². The van der Waals surface area contributed by atoms with E-state index >= 15 is 0 Å². The lowest BCUT2D eigenvalue weighted by Gasteiger charge is -1.94. The lowest BCUT2D eigenvalue weighted by atomic mass is 10.3. The van der Waals surface area contributed by atoms with Gasteiger partial charge in [0.1, 0.15) is 18.4 Å². The van der Waals surface area contributed by atoms with Gasteiger partial charge in [0.15, 0.2) is 6.20 Å². The van der Waals surface area contributed by atoms with Crippen LogP contribution in [0.15, 0.2) is 18.7 Å². The molecule has 1 aromatic heterocycles. The van der Waals surface area contributed by atoms with E-state index in [1.165, 1.54) is 11.7 Å². The standard InChI is InChI=1S/C8H11N2O3/c1-7(11)5-8(12)13-10-4-3-9(2)6-10/h3-4,6H,5H2,1-2H3/q+1. The van der Waals surface area contributed by atoms with Gasteiger partial charge < -0.3 is 0 Å². The Morgan fingerprint density at radius 2 is 2.23 bits per heavy atom. The van der Waals surface area contributed by atoms with Gasteiger partial charge in [-0.2, -0.15) is 0 Å². The Bertz CT molecular complexity index is 330. The molecule has 0 atom stereocenters. The number of ketones is 1. The molecule has 0 saturated heterocycles. The van der Waals surface area contributed by atoms with Crippen LogP contribution in [0.2, 0.25) is 0 Å². The smallest absolute Gasteiger partial charge is 0.299 e. The summed E-state index contributed by atoms with van der Waals surface area (Å²) < 4.78 is 2.98. The molecule has 0 radical (unpaired) electrons. The third-order valence-electron chi connectivity index (χ3n) is 1.35. The molecule has 5 nitrogen and oxygen atoms in total. The first-order chi connectivity index (χ1) is 6.08. The molecule has 70 valence electrons. The first-order valence-corrected chi connectivity index (χ1v) is 3.82. The second-order valence-electron chi connectivity index (χ2n) is 2.78. The Labute approximate surface area is 75.5 Å². The number of carbonyl (C=O) groups excluding carboxylic acids is 2. The fraction of sp³-hybridized carbons (Fsp3) is 0.375. The molecule has 0 fully saturated rings. The highest BCUT2D eigenvalue weighted by molar-refractivity contribution is 5.94. The second-order valence-corrected chi connectivity index (χ2v) is 2.78. The number of carbonyl (C=O) groups is 2. The summed E-state index contributed by atoms with van der Waals surface area (Å²) >= 11 is 0. The van der Waals surface area contributed by atoms with Crippen molar-refractivity contribution < 1.29 is 19.0 Å². The van der Waals surface area contributed by atoms with Crippen molar-refractivity contribution in [1.29, 1.82) is 0 Å². The van der Waals surface area contributed by atoms with E-state index < -0.39 is 5.97 Å². The molecule has 13 heavy (non-hydrogen) atoms. The minimum Gasteiger partial charge on any atom is -0.299 e. The fourth-order valence-corrected chi connectivity index (χ4v) is 0.834. The SMILES string of the molecule is CC(=O)CC(=O)On1cc[n+](C)c1. The predicted molar refractivity (Wildman–Crippen MR) is 42.5 cm³/mol. The largest absolute Gasteiger partial charge is 0.365 e. The number of rotatable bonds is 3. The molecular formula is C8H11N2O3+. The van der Waals surface area contributed by atoms with Gasteiger partial charge in [-0.15, -0.1) is 0 Å². The number of imidazole rings is 1. The van der Waals surface area contributed by atoms with Gasteiger partial charge in [-0.3, -0.25) is 9.63 Å². The molecule has 0 unspecified atom stereocenters. The zero-order valence-electron chi connectivity index (χ0n) is 7.56. The Morgan fingerprint density at radius 3 is 2.69 bits per heavy atom. The maximum atomic E-state index is 11.0. The van der Waals surface area contributed by atoms with Crippen molar-refractivity contribution in [2.45, 2.75) is 13.3 Å². The summed E-state index contributed by atoms with van der Waals surface area (Å²) in [6, 6.07) is 0. The highest BCUT2D eigenvalue weighted by atomic mass is 16.7. The van der Waals surface area contributed by atoms with Crippen LogP contribution in [-0.4, -0.2) is 16.5 Å². The van der Waals surface area contributed by atoms with Gasteiger partial charge in [0.25, 0.3) is 6.33 Å². The first-order valence-electron chi connectivity index (χ1n) is 3.82. The van der Waals surface area contributed by atoms with Gasteiger partial charge >= 0.3 is 5.97 Å². The molecule has 0 N–H and O–H groups in total. The van der Waals surface area contributed by atoms with Crippen molar-refractivity contribution in [1.82, 2.24) is 4.73 Å². The Balaban J connectivity index is 2.50. The molecule has 0 aliphatic rings. The van der Waals surface area contributed by atoms with Gasteiger partial charge in [0.05, 0.1) is 7.05 Å². The molecule has 1 aromatic rings. The molecule has 1 rings (SSSR count). The minimum absolute atomic E-state index is 0.193. The van der Waals surface area contributed by atoms with Gasteiger partial charge in [-0.25, -0.2) is 9.36 Å². The molecule has 0 bridgehead atoms. The average molecular weight is 183 g/mol. The van der Waals surface area contributed by atoms with Crippen LogP contribution >= 0.6 is 0 Å². The summed E-state index contributed by atoms with van der Waals surface area (Å²) in [6.45, 7) is 1.34. The molecule has 0 aliphatic carbocycles. The molecular weight excluding hydrogens is 172 g/mol. The highest BCUT2D eigenvalue weighted by Gasteiger charge is 2.11. The van der Waals surface area contributed by atoms with Crippen LogP contribution in [0, 0.1) is 0 Å². The number of hydrogen-bond donors (Lipinski definition) is 0. The van der Waals surface area contributed by atoms with Crippen molar-refractivity contribution in [2.24, 2.45) is 7.05 Å². The number of aromatic nitrogens is 2. The summed E-state index contributed by atoms with van der Waals surface area (Å²) in [5, 5.41) is 0. The molecule has 0 aromatic carbocycles. The van der Waals surface area contributed by atoms with Crippen molar-refractivity contribution in [3.05, 3.63) is 18.7 Å². The van der Waals surface area contributed by atoms with Crippen molar-refractivity contribution in [3.63, 3.8) is 0 Å². The van der Waals surface area contributed by atoms with Gasteiger partial charge in [0, 0.05) is 0 Å². The average Bonchev–Trinajstić information content (AvgIpc) is 2.33. The number of hydrogen-bond acceptors (Lipinski definition) is 3. The third-order valence-corrected chi connectivity index (χ3v) is 1.35. The minimum atomic E-state index is -0.552. The summed E-state index contributed by atoms with van der Waals surface area (Å²) in [5.74, 6) is -0.759. The van der Waals surface area contributed by atoms with Gasteiger partial charge in [0.2, 0.25) is 0 Å². The van der Waals surface area contributed by atoms with Crippen LogP contribution in [0.3, 0.4) is 0 Å². The fourth-order valence-electron chi connectivity index (χ4n) is 0.834. The quantitative estimate of drug-likeness (QED) is 0.457. The maximum absolute atomic E-state index is 11.0. The summed E-state index contributed by atoms with van der Waals surface area (Å²) in [7, 11) is 1.80. The van der Waals surface area contributed by atoms with Crippen LogP contribution < -0.4 is 9.40 Å². The van der Waals surface area contributed by atoms with Gasteiger partial charge in [-0.05, 0) is 11.7 Å². The Hall–Kier alpha value is -1.65. The van der Waals surface area contributed by atoms with E-state index in [0.29, 0.717) is 0 Å². The van der Waals surface area contributed by atoms with Crippen LogP contribution in [0.4, 0.5) is 0 Å². The van der Waals surface area contributed by atoms with E-state index in [2.05, 4.69) is 0 Å². The Morgan fingerprint density at radius 1 is 1.54 bits per heavy atom. The van der Waals surface area contributed by atoms with Crippen molar-refractivity contribution in [3.8, 4) is 0 Å². The first kappa shape index (κ1) is 9.44. The molecule has 5 heteroatoms. The lowest BCUT2D eigenvalue weighted by molar-refractivity contribution is -0.671. The van der Waals surface area contributed by atoms with Crippen LogP contribution in [-0.2, 0) is 16.6 Å². The molecule has 1 heterocycles. The third kappa shape index (κ3) is 3.06. The van der Waals surface area contributed by atoms with E-state index in [-0.39, 0.29) is 12.2 Å². The lowest BCUT2D eigenvalue weighted by Crippen LogP contribution is -2.26. The normalized spacial score (nSPS) is 9.69. The summed E-state index contributed by atoms with van der Waals surface area (Å²) in [6.07, 6.45) is 4.69. The number of nitrogens with zero attached hydrogens (tertiary/aromatic N) is 2. The van der Waals surface area contributed by atoms with Crippen LogP contribution in [0.1, 0.15) is 13.3 Å². The van der Waals surface area contributed by atoms with Crippen molar-refractivity contribution in [2.75, 3.05) is 0 Å². The van der Waals surface area contributed by atoms with E-state index in [1.54, 1.807) is 30.3 Å². The number of Topliss-reactive ketones (excluding diaryl/α,β-unsaturated/α-hetero) is 1. The monoisotopic (exact) mass is 183 g/mol. The summed E-state index contributed by atoms with van der Waals surface area (Å²) in [5.41, 5.74) is 0. The zero-order valence-corrected chi connectivity index (χ0v) is 7.56. The van der Waals surface area contributed by atoms with E-state index in [4.69, 9.17) is 4.84 Å². The molecule has 0 spiro atoms. The second kappa shape index (κ2) is 3.84. The summed E-state index contributed by atoms with van der Waals surface area (Å²) in [4.78, 5) is 26.3. The Kier molecular flexibility index (Phi) is 2.79. The van der Waals surface area contributed by atoms with Gasteiger partial charge in [-0.1, -0.05) is 0 Å². The number of aryl methyl sites for hydroxylation is 1.